The molecule has 0 saturated carbocycles. The number of allylic oxidation sites excluding steroid dienone is 1. The lowest BCUT2D eigenvalue weighted by molar-refractivity contribution is 0.711. The van der Waals surface area contributed by atoms with Gasteiger partial charge in [-0.1, -0.05) is 147 Å². The minimum absolute atomic E-state index is 0.0993. The molecule has 0 heterocycles. The van der Waals surface area contributed by atoms with E-state index in [0.29, 0.717) is 0 Å². The zero-order valence-corrected chi connectivity index (χ0v) is 26.2. The van der Waals surface area contributed by atoms with Crippen LogP contribution in [0.2, 0.25) is 0 Å². The van der Waals surface area contributed by atoms with Crippen molar-refractivity contribution in [2.45, 2.75) is 19.3 Å². The molecule has 0 fully saturated rings. The van der Waals surface area contributed by atoms with E-state index >= 15 is 0 Å². The maximum absolute atomic E-state index is 2.39. The van der Waals surface area contributed by atoms with Crippen LogP contribution in [0.25, 0.3) is 44.7 Å². The summed E-state index contributed by atoms with van der Waals surface area (Å²) in [6.45, 7) is 4.72. The van der Waals surface area contributed by atoms with E-state index in [-0.39, 0.29) is 5.41 Å². The van der Waals surface area contributed by atoms with Gasteiger partial charge in [0, 0.05) is 22.5 Å². The quantitative estimate of drug-likeness (QED) is 0.186. The summed E-state index contributed by atoms with van der Waals surface area (Å²) in [5.41, 5.74) is 13.5. The zero-order valence-electron chi connectivity index (χ0n) is 26.2. The first-order valence-electron chi connectivity index (χ1n) is 16.0. The molecule has 8 rings (SSSR count). The van der Waals surface area contributed by atoms with Crippen molar-refractivity contribution < 1.29 is 0 Å². The van der Waals surface area contributed by atoms with Crippen molar-refractivity contribution in [1.29, 1.82) is 0 Å². The fourth-order valence-corrected chi connectivity index (χ4v) is 7.13. The molecular weight excluding hydrogens is 555 g/mol. The third kappa shape index (κ3) is 4.91. The smallest absolute Gasteiger partial charge is 0.0462 e. The van der Waals surface area contributed by atoms with Crippen molar-refractivity contribution in [3.63, 3.8) is 0 Å². The third-order valence-corrected chi connectivity index (χ3v) is 9.46. The summed E-state index contributed by atoms with van der Waals surface area (Å²) in [4.78, 5) is 2.35. The Kier molecular flexibility index (Phi) is 6.88. The van der Waals surface area contributed by atoms with Crippen LogP contribution < -0.4 is 4.90 Å². The molecule has 0 N–H and O–H groups in total. The molecule has 1 aliphatic carbocycles. The van der Waals surface area contributed by atoms with Crippen LogP contribution in [0, 0.1) is 0 Å². The molecule has 0 radical (unpaired) electrons. The average Bonchev–Trinajstić information content (AvgIpc) is 3.40. The second-order valence-corrected chi connectivity index (χ2v) is 12.6. The monoisotopic (exact) mass is 589 g/mol. The van der Waals surface area contributed by atoms with Gasteiger partial charge >= 0.3 is 0 Å². The highest BCUT2D eigenvalue weighted by atomic mass is 15.1. The van der Waals surface area contributed by atoms with E-state index in [1.165, 1.54) is 55.3 Å². The van der Waals surface area contributed by atoms with Crippen LogP contribution in [0.1, 0.15) is 30.5 Å². The molecule has 0 saturated heterocycles. The third-order valence-electron chi connectivity index (χ3n) is 9.46. The summed E-state index contributed by atoms with van der Waals surface area (Å²) in [6.07, 6.45) is 2.39. The highest BCUT2D eigenvalue weighted by molar-refractivity contribution is 6.02. The maximum Gasteiger partial charge on any atom is 0.0462 e. The Morgan fingerprint density at radius 2 is 0.826 bits per heavy atom. The van der Waals surface area contributed by atoms with Gasteiger partial charge in [-0.15, -0.1) is 0 Å². The molecule has 0 amide bonds. The van der Waals surface area contributed by atoms with Gasteiger partial charge in [-0.2, -0.15) is 0 Å². The van der Waals surface area contributed by atoms with E-state index in [0.717, 1.165) is 17.1 Å². The normalized spacial score (nSPS) is 13.3. The highest BCUT2D eigenvalue weighted by Crippen LogP contribution is 2.49. The Morgan fingerprint density at radius 1 is 0.391 bits per heavy atom. The van der Waals surface area contributed by atoms with Gasteiger partial charge in [-0.25, -0.2) is 0 Å². The molecule has 0 bridgehead atoms. The van der Waals surface area contributed by atoms with Crippen LogP contribution in [0.4, 0.5) is 17.1 Å². The molecule has 220 valence electrons. The molecule has 1 nitrogen and oxygen atoms in total. The van der Waals surface area contributed by atoms with Crippen molar-refractivity contribution in [3.8, 4) is 22.3 Å². The fourth-order valence-electron chi connectivity index (χ4n) is 7.13. The molecule has 1 aliphatic rings. The van der Waals surface area contributed by atoms with E-state index in [2.05, 4.69) is 195 Å². The molecule has 0 aliphatic heterocycles. The van der Waals surface area contributed by atoms with Crippen LogP contribution in [0.5, 0.6) is 0 Å². The second-order valence-electron chi connectivity index (χ2n) is 12.6. The number of fused-ring (bicyclic) bond motifs is 3. The van der Waals surface area contributed by atoms with Gasteiger partial charge in [0.2, 0.25) is 0 Å². The molecule has 7 aromatic carbocycles. The number of rotatable bonds is 6. The molecular formula is C45H35N. The summed E-state index contributed by atoms with van der Waals surface area (Å²) >= 11 is 0. The average molecular weight is 590 g/mol. The molecule has 0 aromatic heterocycles. The van der Waals surface area contributed by atoms with Crippen LogP contribution in [-0.2, 0) is 5.41 Å². The van der Waals surface area contributed by atoms with Crippen LogP contribution in [0.15, 0.2) is 170 Å². The van der Waals surface area contributed by atoms with Crippen molar-refractivity contribution in [1.82, 2.24) is 0 Å². The Morgan fingerprint density at radius 3 is 1.35 bits per heavy atom. The van der Waals surface area contributed by atoms with Gasteiger partial charge in [-0.05, 0) is 97.8 Å². The summed E-state index contributed by atoms with van der Waals surface area (Å²) < 4.78 is 0. The maximum atomic E-state index is 2.39. The lowest BCUT2D eigenvalue weighted by atomic mass is 9.77. The predicted octanol–water partition coefficient (Wildman–Crippen LogP) is 12.5. The van der Waals surface area contributed by atoms with E-state index in [4.69, 9.17) is 0 Å². The summed E-state index contributed by atoms with van der Waals surface area (Å²) in [5, 5.41) is 2.64. The van der Waals surface area contributed by atoms with Crippen molar-refractivity contribution in [2.24, 2.45) is 0 Å². The highest BCUT2D eigenvalue weighted by Gasteiger charge is 2.35. The second kappa shape index (κ2) is 11.4. The minimum Gasteiger partial charge on any atom is -0.311 e. The molecule has 0 unspecified atom stereocenters. The topological polar surface area (TPSA) is 3.24 Å². The van der Waals surface area contributed by atoms with E-state index in [1.807, 2.05) is 0 Å². The number of anilines is 3. The van der Waals surface area contributed by atoms with Gasteiger partial charge in [0.1, 0.15) is 0 Å². The van der Waals surface area contributed by atoms with E-state index < -0.39 is 0 Å². The lowest BCUT2D eigenvalue weighted by Gasteiger charge is -2.28. The Labute approximate surface area is 271 Å². The fraction of sp³-hybridized carbons (Fsp3) is 0.0667. The first-order chi connectivity index (χ1) is 22.6. The SMILES string of the molecule is CC1(C)C(c2ccc(N(c3ccc(-c4ccccc4)cc3)c3ccc(-c4ccccc4)cc3)cc2)=Cc2ccc3ccccc3c21. The molecule has 7 aromatic rings. The summed E-state index contributed by atoms with van der Waals surface area (Å²) in [6, 6.07) is 61.3. The summed E-state index contributed by atoms with van der Waals surface area (Å²) in [7, 11) is 0. The largest absolute Gasteiger partial charge is 0.311 e. The van der Waals surface area contributed by atoms with Crippen LogP contribution in [0.3, 0.4) is 0 Å². The Bertz CT molecular complexity index is 2090. The first-order valence-corrected chi connectivity index (χ1v) is 16.0. The van der Waals surface area contributed by atoms with Gasteiger partial charge in [0.15, 0.2) is 0 Å². The predicted molar refractivity (Wildman–Crippen MR) is 197 cm³/mol. The van der Waals surface area contributed by atoms with Gasteiger partial charge in [0.05, 0.1) is 0 Å². The van der Waals surface area contributed by atoms with Crippen molar-refractivity contribution in [3.05, 3.63) is 187 Å². The van der Waals surface area contributed by atoms with Gasteiger partial charge in [0.25, 0.3) is 0 Å². The number of benzene rings is 7. The van der Waals surface area contributed by atoms with Crippen LogP contribution >= 0.6 is 0 Å². The molecule has 46 heavy (non-hydrogen) atoms. The molecule has 0 atom stereocenters. The number of hydrogen-bond acceptors (Lipinski definition) is 1. The van der Waals surface area contributed by atoms with E-state index in [9.17, 15) is 0 Å². The van der Waals surface area contributed by atoms with Crippen molar-refractivity contribution in [2.75, 3.05) is 4.90 Å². The van der Waals surface area contributed by atoms with Gasteiger partial charge < -0.3 is 4.90 Å². The van der Waals surface area contributed by atoms with Crippen molar-refractivity contribution >= 4 is 39.5 Å². The standard InChI is InChI=1S/C45H35N/c1-45(2)43(31-38-18-17-36-15-9-10-16-42(36)44(38)45)37-23-29-41(30-24-37)46(39-25-19-34(20-26-39)32-11-5-3-6-12-32)40-27-21-35(22-28-40)33-13-7-4-8-14-33/h3-31H,1-2H3. The molecule has 1 heteroatoms. The number of nitrogens with zero attached hydrogens (tertiary/aromatic N) is 1. The molecule has 0 spiro atoms. The van der Waals surface area contributed by atoms with Crippen LogP contribution in [-0.4, -0.2) is 0 Å². The van der Waals surface area contributed by atoms with Gasteiger partial charge in [-0.3, -0.25) is 0 Å². The Hall–Kier alpha value is -5.66. The first kappa shape index (κ1) is 27.9. The van der Waals surface area contributed by atoms with E-state index in [1.54, 1.807) is 0 Å². The number of hydrogen-bond donors (Lipinski definition) is 0. The lowest BCUT2D eigenvalue weighted by Crippen LogP contribution is -2.17. The zero-order chi connectivity index (χ0) is 31.1. The Balaban J connectivity index is 1.17. The minimum atomic E-state index is -0.0993. The summed E-state index contributed by atoms with van der Waals surface area (Å²) in [5.74, 6) is 0.